The minimum atomic E-state index is -3.25. The van der Waals surface area contributed by atoms with Crippen LogP contribution in [0.5, 0.6) is 0 Å². The molecule has 0 atom stereocenters. The Balaban J connectivity index is 3.04. The SMILES string of the molecule is CCCCS(=O)(=O)N(CCCN)c1ccccc1C. The van der Waals surface area contributed by atoms with Gasteiger partial charge >= 0.3 is 0 Å². The second-order valence-electron chi connectivity index (χ2n) is 4.67. The first-order chi connectivity index (χ1) is 9.03. The van der Waals surface area contributed by atoms with E-state index < -0.39 is 10.0 Å². The molecule has 0 heterocycles. The van der Waals surface area contributed by atoms with Crippen molar-refractivity contribution in [2.75, 3.05) is 23.1 Å². The van der Waals surface area contributed by atoms with Crippen molar-refractivity contribution in [3.8, 4) is 0 Å². The van der Waals surface area contributed by atoms with Gasteiger partial charge in [-0.3, -0.25) is 4.31 Å². The Kier molecular flexibility index (Phi) is 6.31. The molecule has 108 valence electrons. The molecule has 1 aromatic rings. The lowest BCUT2D eigenvalue weighted by atomic mass is 10.2. The molecule has 0 fully saturated rings. The Morgan fingerprint density at radius 2 is 1.89 bits per heavy atom. The molecule has 0 aliphatic rings. The van der Waals surface area contributed by atoms with E-state index in [9.17, 15) is 8.42 Å². The lowest BCUT2D eigenvalue weighted by Gasteiger charge is -2.25. The molecule has 2 N–H and O–H groups in total. The first-order valence-electron chi connectivity index (χ1n) is 6.79. The molecule has 0 aliphatic carbocycles. The average molecular weight is 284 g/mol. The van der Waals surface area contributed by atoms with Crippen molar-refractivity contribution >= 4 is 15.7 Å². The lowest BCUT2D eigenvalue weighted by Crippen LogP contribution is -2.35. The van der Waals surface area contributed by atoms with E-state index in [0.29, 0.717) is 25.9 Å². The smallest absolute Gasteiger partial charge is 0.235 e. The van der Waals surface area contributed by atoms with E-state index in [-0.39, 0.29) is 5.75 Å². The number of para-hydroxylation sites is 1. The van der Waals surface area contributed by atoms with Gasteiger partial charge in [0.15, 0.2) is 0 Å². The number of rotatable bonds is 8. The summed E-state index contributed by atoms with van der Waals surface area (Å²) in [7, 11) is -3.25. The summed E-state index contributed by atoms with van der Waals surface area (Å²) in [4.78, 5) is 0. The summed E-state index contributed by atoms with van der Waals surface area (Å²) < 4.78 is 26.4. The van der Waals surface area contributed by atoms with Crippen LogP contribution in [0.2, 0.25) is 0 Å². The maximum absolute atomic E-state index is 12.4. The van der Waals surface area contributed by atoms with Crippen molar-refractivity contribution in [2.24, 2.45) is 5.73 Å². The van der Waals surface area contributed by atoms with E-state index in [2.05, 4.69) is 0 Å². The van der Waals surface area contributed by atoms with Gasteiger partial charge in [-0.1, -0.05) is 31.5 Å². The summed E-state index contributed by atoms with van der Waals surface area (Å²) in [6, 6.07) is 7.57. The van der Waals surface area contributed by atoms with Gasteiger partial charge in [0.05, 0.1) is 11.4 Å². The number of benzene rings is 1. The summed E-state index contributed by atoms with van der Waals surface area (Å²) in [6.45, 7) is 4.87. The molecule has 5 heteroatoms. The van der Waals surface area contributed by atoms with E-state index >= 15 is 0 Å². The third-order valence-corrected chi connectivity index (χ3v) is 4.90. The number of aryl methyl sites for hydroxylation is 1. The molecule has 19 heavy (non-hydrogen) atoms. The molecule has 1 rings (SSSR count). The Labute approximate surface area is 116 Å². The van der Waals surface area contributed by atoms with E-state index in [4.69, 9.17) is 5.73 Å². The monoisotopic (exact) mass is 284 g/mol. The van der Waals surface area contributed by atoms with Crippen molar-refractivity contribution in [2.45, 2.75) is 33.1 Å². The zero-order valence-electron chi connectivity index (χ0n) is 11.8. The van der Waals surface area contributed by atoms with E-state index in [0.717, 1.165) is 17.7 Å². The molecule has 0 aromatic heterocycles. The van der Waals surface area contributed by atoms with Gasteiger partial charge < -0.3 is 5.73 Å². The third kappa shape index (κ3) is 4.51. The first-order valence-corrected chi connectivity index (χ1v) is 8.40. The first kappa shape index (κ1) is 16.0. The van der Waals surface area contributed by atoms with Crippen molar-refractivity contribution in [1.29, 1.82) is 0 Å². The summed E-state index contributed by atoms with van der Waals surface area (Å²) >= 11 is 0. The highest BCUT2D eigenvalue weighted by molar-refractivity contribution is 7.92. The molecule has 4 nitrogen and oxygen atoms in total. The Hall–Kier alpha value is -1.07. The number of hydrogen-bond acceptors (Lipinski definition) is 3. The predicted molar refractivity (Wildman–Crippen MR) is 80.9 cm³/mol. The zero-order valence-corrected chi connectivity index (χ0v) is 12.6. The van der Waals surface area contributed by atoms with Gasteiger partial charge in [-0.25, -0.2) is 8.42 Å². The quantitative estimate of drug-likeness (QED) is 0.796. The fourth-order valence-electron chi connectivity index (χ4n) is 1.92. The van der Waals surface area contributed by atoms with Crippen molar-refractivity contribution < 1.29 is 8.42 Å². The molecule has 1 aromatic carbocycles. The van der Waals surface area contributed by atoms with Crippen LogP contribution in [0.1, 0.15) is 31.7 Å². The Morgan fingerprint density at radius 3 is 2.47 bits per heavy atom. The van der Waals surface area contributed by atoms with Crippen molar-refractivity contribution in [1.82, 2.24) is 0 Å². The number of unbranched alkanes of at least 4 members (excludes halogenated alkanes) is 1. The molecule has 0 bridgehead atoms. The molecule has 0 amide bonds. The summed E-state index contributed by atoms with van der Waals surface area (Å²) in [5.74, 6) is 0.197. The molecular weight excluding hydrogens is 260 g/mol. The van der Waals surface area contributed by atoms with Crippen molar-refractivity contribution in [3.63, 3.8) is 0 Å². The molecule has 0 radical (unpaired) electrons. The van der Waals surface area contributed by atoms with E-state index in [1.54, 1.807) is 0 Å². The zero-order chi connectivity index (χ0) is 14.3. The maximum atomic E-state index is 12.4. The number of sulfonamides is 1. The van der Waals surface area contributed by atoms with Gasteiger partial charge in [0.25, 0.3) is 0 Å². The van der Waals surface area contributed by atoms with Crippen molar-refractivity contribution in [3.05, 3.63) is 29.8 Å². The summed E-state index contributed by atoms with van der Waals surface area (Å²) in [5.41, 5.74) is 7.26. The average Bonchev–Trinajstić information content (AvgIpc) is 2.38. The fourth-order valence-corrected chi connectivity index (χ4v) is 3.71. The van der Waals surface area contributed by atoms with Gasteiger partial charge in [-0.2, -0.15) is 0 Å². The van der Waals surface area contributed by atoms with Gasteiger partial charge in [0.1, 0.15) is 0 Å². The van der Waals surface area contributed by atoms with Crippen LogP contribution in [0.3, 0.4) is 0 Å². The molecule has 0 saturated heterocycles. The number of nitrogens with zero attached hydrogens (tertiary/aromatic N) is 1. The molecule has 0 aliphatic heterocycles. The molecule has 0 unspecified atom stereocenters. The molecule has 0 saturated carbocycles. The van der Waals surface area contributed by atoms with Crippen LogP contribution in [-0.4, -0.2) is 27.3 Å². The fraction of sp³-hybridized carbons (Fsp3) is 0.571. The van der Waals surface area contributed by atoms with Gasteiger partial charge in [-0.15, -0.1) is 0 Å². The van der Waals surface area contributed by atoms with Crippen LogP contribution in [0.4, 0.5) is 5.69 Å². The van der Waals surface area contributed by atoms with Gasteiger partial charge in [0.2, 0.25) is 10.0 Å². The highest BCUT2D eigenvalue weighted by atomic mass is 32.2. The topological polar surface area (TPSA) is 63.4 Å². The Bertz CT molecular complexity index is 486. The molecular formula is C14H24N2O2S. The largest absolute Gasteiger partial charge is 0.330 e. The predicted octanol–water partition coefficient (Wildman–Crippen LogP) is 2.28. The normalized spacial score (nSPS) is 11.5. The van der Waals surface area contributed by atoms with E-state index in [1.165, 1.54) is 4.31 Å². The maximum Gasteiger partial charge on any atom is 0.235 e. The van der Waals surface area contributed by atoms with Crippen LogP contribution in [0, 0.1) is 6.92 Å². The lowest BCUT2D eigenvalue weighted by molar-refractivity contribution is 0.586. The minimum absolute atomic E-state index is 0.197. The summed E-state index contributed by atoms with van der Waals surface area (Å²) in [6.07, 6.45) is 2.23. The van der Waals surface area contributed by atoms with Crippen LogP contribution in [0.15, 0.2) is 24.3 Å². The minimum Gasteiger partial charge on any atom is -0.330 e. The Morgan fingerprint density at radius 1 is 1.21 bits per heavy atom. The standard InChI is InChI=1S/C14H24N2O2S/c1-3-4-12-19(17,18)16(11-7-10-15)14-9-6-5-8-13(14)2/h5-6,8-9H,3-4,7,10-12,15H2,1-2H3. The molecule has 0 spiro atoms. The number of nitrogens with two attached hydrogens (primary N) is 1. The van der Waals surface area contributed by atoms with Gasteiger partial charge in [0, 0.05) is 6.54 Å². The van der Waals surface area contributed by atoms with Crippen LogP contribution >= 0.6 is 0 Å². The van der Waals surface area contributed by atoms with Crippen LogP contribution < -0.4 is 10.0 Å². The number of hydrogen-bond donors (Lipinski definition) is 1. The van der Waals surface area contributed by atoms with Gasteiger partial charge in [-0.05, 0) is 37.9 Å². The van der Waals surface area contributed by atoms with Crippen LogP contribution in [-0.2, 0) is 10.0 Å². The van der Waals surface area contributed by atoms with Crippen LogP contribution in [0.25, 0.3) is 0 Å². The highest BCUT2D eigenvalue weighted by Gasteiger charge is 2.22. The summed E-state index contributed by atoms with van der Waals surface area (Å²) in [5, 5.41) is 0. The second-order valence-corrected chi connectivity index (χ2v) is 6.68. The third-order valence-electron chi connectivity index (χ3n) is 3.04. The highest BCUT2D eigenvalue weighted by Crippen LogP contribution is 2.23. The number of anilines is 1. The second kappa shape index (κ2) is 7.50. The van der Waals surface area contributed by atoms with E-state index in [1.807, 2.05) is 38.1 Å².